The second kappa shape index (κ2) is 8.54. The van der Waals surface area contributed by atoms with E-state index in [2.05, 4.69) is 85.8 Å². The zero-order chi connectivity index (χ0) is 17.7. The Balaban J connectivity index is 0.00000112. The van der Waals surface area contributed by atoms with Crippen molar-refractivity contribution in [3.63, 3.8) is 0 Å². The van der Waals surface area contributed by atoms with Crippen LogP contribution < -0.4 is 24.8 Å². The Hall–Kier alpha value is -1.40. The van der Waals surface area contributed by atoms with Gasteiger partial charge in [-0.2, -0.15) is 0 Å². The van der Waals surface area contributed by atoms with Crippen molar-refractivity contribution in [2.24, 2.45) is 0 Å². The molecule has 0 aromatic heterocycles. The Morgan fingerprint density at radius 2 is 1.61 bits per heavy atom. The van der Waals surface area contributed by atoms with E-state index >= 15 is 0 Å². The Bertz CT molecular complexity index is 1080. The summed E-state index contributed by atoms with van der Waals surface area (Å²) < 4.78 is 0.574. The third-order valence-corrected chi connectivity index (χ3v) is 7.14. The number of allylic oxidation sites excluding steroid dienone is 4. The van der Waals surface area contributed by atoms with Gasteiger partial charge in [-0.15, -0.1) is 0 Å². The van der Waals surface area contributed by atoms with Gasteiger partial charge >= 0.3 is 171 Å². The molecule has 0 amide bonds. The molecule has 1 atom stereocenters. The number of rotatable bonds is 2. The van der Waals surface area contributed by atoms with Crippen LogP contribution in [0.3, 0.4) is 0 Å². The molecule has 137 valence electrons. The molecule has 0 radical (unpaired) electrons. The summed E-state index contributed by atoms with van der Waals surface area (Å²) in [6, 6.07) is 24.7. The molecule has 3 aromatic carbocycles. The summed E-state index contributed by atoms with van der Waals surface area (Å²) in [7, 11) is 0. The van der Waals surface area contributed by atoms with Gasteiger partial charge in [-0.25, -0.2) is 0 Å². The van der Waals surface area contributed by atoms with Crippen molar-refractivity contribution in [2.75, 3.05) is 0 Å². The third kappa shape index (κ3) is 3.39. The molecule has 0 saturated heterocycles. The van der Waals surface area contributed by atoms with E-state index in [1.807, 2.05) is 0 Å². The van der Waals surface area contributed by atoms with Crippen molar-refractivity contribution in [1.82, 2.24) is 0 Å². The first kappa shape index (κ1) is 21.3. The van der Waals surface area contributed by atoms with E-state index in [0.29, 0.717) is 3.63 Å². The first-order valence-corrected chi connectivity index (χ1v) is 10.6. The maximum atomic E-state index is 2.44. The van der Waals surface area contributed by atoms with Gasteiger partial charge in [-0.05, 0) is 0 Å². The van der Waals surface area contributed by atoms with E-state index in [0.717, 1.165) is 6.42 Å². The molecule has 0 heterocycles. The summed E-state index contributed by atoms with van der Waals surface area (Å²) >= 11 is 1.57. The summed E-state index contributed by atoms with van der Waals surface area (Å²) in [6.07, 6.45) is 5.59. The van der Waals surface area contributed by atoms with E-state index in [1.165, 1.54) is 50.1 Å². The average molecular weight is 482 g/mol. The Morgan fingerprint density at radius 1 is 0.821 bits per heavy atom. The molecule has 2 aliphatic rings. The van der Waals surface area contributed by atoms with Crippen LogP contribution in [0.2, 0.25) is 0 Å². The predicted molar refractivity (Wildman–Crippen MR) is 105 cm³/mol. The fourth-order valence-corrected chi connectivity index (χ4v) is 5.56. The van der Waals surface area contributed by atoms with Crippen LogP contribution >= 0.6 is 0 Å². The average Bonchev–Trinajstić information content (AvgIpc) is 3.27. The smallest absolute Gasteiger partial charge is 1.00 e. The summed E-state index contributed by atoms with van der Waals surface area (Å²) in [4.78, 5) is 0. The minimum absolute atomic E-state index is 0. The minimum Gasteiger partial charge on any atom is -1.00 e. The summed E-state index contributed by atoms with van der Waals surface area (Å²) in [5.41, 5.74) is 12.8. The zero-order valence-electron chi connectivity index (χ0n) is 15.5. The molecule has 0 aliphatic heterocycles. The van der Waals surface area contributed by atoms with Crippen molar-refractivity contribution in [3.05, 3.63) is 107 Å². The van der Waals surface area contributed by atoms with Gasteiger partial charge in [0.15, 0.2) is 0 Å². The van der Waals surface area contributed by atoms with Crippen LogP contribution in [0.15, 0.2) is 78.9 Å². The number of aryl methyl sites for hydroxylation is 1. The topological polar surface area (TPSA) is 0 Å². The molecule has 0 nitrogen and oxygen atoms in total. The Morgan fingerprint density at radius 3 is 2.39 bits per heavy atom. The molecular formula is C25H19Cl2Zr. The predicted octanol–water partition coefficient (Wildman–Crippen LogP) is 0.490. The Kier molecular flexibility index (Phi) is 6.50. The molecule has 0 bridgehead atoms. The van der Waals surface area contributed by atoms with Crippen molar-refractivity contribution < 1.29 is 49.5 Å². The molecule has 1 unspecified atom stereocenters. The van der Waals surface area contributed by atoms with Crippen molar-refractivity contribution in [3.8, 4) is 11.1 Å². The fraction of sp³-hybridized carbons (Fsp3) is 0.120. The number of benzene rings is 3. The first-order valence-electron chi connectivity index (χ1n) is 9.14. The second-order valence-electron chi connectivity index (χ2n) is 7.14. The molecule has 2 aliphatic carbocycles. The van der Waals surface area contributed by atoms with Crippen LogP contribution in [-0.2, 0) is 24.7 Å². The van der Waals surface area contributed by atoms with E-state index in [4.69, 9.17) is 0 Å². The molecule has 0 fully saturated rings. The normalized spacial score (nSPS) is 16.3. The molecule has 3 heteroatoms. The van der Waals surface area contributed by atoms with Crippen LogP contribution in [0.5, 0.6) is 0 Å². The molecular weight excluding hydrogens is 462 g/mol. The van der Waals surface area contributed by atoms with Crippen LogP contribution in [0.4, 0.5) is 0 Å². The van der Waals surface area contributed by atoms with E-state index < -0.39 is 0 Å². The molecule has 0 N–H and O–H groups in total. The van der Waals surface area contributed by atoms with Crippen LogP contribution in [0.1, 0.15) is 37.9 Å². The molecule has 3 aromatic rings. The zero-order valence-corrected chi connectivity index (χ0v) is 19.5. The maximum Gasteiger partial charge on any atom is -1.00 e. The van der Waals surface area contributed by atoms with Gasteiger partial charge < -0.3 is 24.8 Å². The number of hydrogen-bond acceptors (Lipinski definition) is 0. The summed E-state index contributed by atoms with van der Waals surface area (Å²) in [5, 5.41) is 0. The molecule has 0 spiro atoms. The van der Waals surface area contributed by atoms with Crippen LogP contribution in [-0.4, -0.2) is 0 Å². The van der Waals surface area contributed by atoms with Gasteiger partial charge in [0.05, 0.1) is 0 Å². The quantitative estimate of drug-likeness (QED) is 0.500. The molecule has 28 heavy (non-hydrogen) atoms. The van der Waals surface area contributed by atoms with Crippen molar-refractivity contribution in [1.29, 1.82) is 0 Å². The number of halogens is 2. The minimum atomic E-state index is 0. The van der Waals surface area contributed by atoms with E-state index in [1.54, 1.807) is 24.7 Å². The van der Waals surface area contributed by atoms with Gasteiger partial charge in [0, 0.05) is 0 Å². The fourth-order valence-electron chi connectivity index (χ4n) is 4.35. The van der Waals surface area contributed by atoms with Crippen LogP contribution in [0, 0.1) is 6.92 Å². The monoisotopic (exact) mass is 479 g/mol. The molecule has 0 saturated carbocycles. The first-order chi connectivity index (χ1) is 12.7. The van der Waals surface area contributed by atoms with Gasteiger partial charge in [0.1, 0.15) is 0 Å². The van der Waals surface area contributed by atoms with Gasteiger partial charge in [0.2, 0.25) is 0 Å². The van der Waals surface area contributed by atoms with E-state index in [-0.39, 0.29) is 24.8 Å². The maximum absolute atomic E-state index is 2.44. The standard InChI is InChI=1S/C25H19.2ClH.Zr/c1-17-7-5-10-21-15-19-13-14-20(16-24(19)25(17)21)23-12-6-11-22(23)18-8-3-2-4-9-18;;;/h2-11,13-16H,12H2,1H3;2*1H;/q;;;+2/p-2. The third-order valence-electron chi connectivity index (χ3n) is 5.61. The Labute approximate surface area is 194 Å². The molecule has 5 rings (SSSR count). The van der Waals surface area contributed by atoms with Crippen molar-refractivity contribution in [2.45, 2.75) is 17.0 Å². The van der Waals surface area contributed by atoms with Gasteiger partial charge in [0.25, 0.3) is 0 Å². The van der Waals surface area contributed by atoms with Crippen molar-refractivity contribution >= 4 is 11.1 Å². The van der Waals surface area contributed by atoms with Gasteiger partial charge in [-0.3, -0.25) is 0 Å². The van der Waals surface area contributed by atoms with E-state index in [9.17, 15) is 0 Å². The second-order valence-corrected chi connectivity index (χ2v) is 8.56. The largest absolute Gasteiger partial charge is 1.00 e. The summed E-state index contributed by atoms with van der Waals surface area (Å²) in [6.45, 7) is 2.25. The summed E-state index contributed by atoms with van der Waals surface area (Å²) in [5.74, 6) is 0. The number of hydrogen-bond donors (Lipinski definition) is 0. The SMILES string of the molecule is Cc1cccc2c1-c1cc(C3=C(c4ccccc4)C=CC3)ccc1[CH]2[Zr+2].[Cl-].[Cl-]. The van der Waals surface area contributed by atoms with Crippen LogP contribution in [0.25, 0.3) is 22.3 Å². The van der Waals surface area contributed by atoms with Gasteiger partial charge in [-0.1, -0.05) is 0 Å². The number of fused-ring (bicyclic) bond motifs is 3.